The fourth-order valence-electron chi connectivity index (χ4n) is 3.71. The van der Waals surface area contributed by atoms with E-state index in [0.717, 1.165) is 18.4 Å². The van der Waals surface area contributed by atoms with Gasteiger partial charge >= 0.3 is 0 Å². The first-order chi connectivity index (χ1) is 11.5. The maximum atomic E-state index is 13.2. The molecular formula is C21H24O2S. The Kier molecular flexibility index (Phi) is 4.91. The molecule has 0 bridgehead atoms. The van der Waals surface area contributed by atoms with Crippen LogP contribution in [0.5, 0.6) is 0 Å². The molecule has 1 fully saturated rings. The van der Waals surface area contributed by atoms with Crippen LogP contribution in [-0.2, 0) is 9.84 Å². The van der Waals surface area contributed by atoms with Crippen LogP contribution in [0.25, 0.3) is 0 Å². The molecule has 0 heterocycles. The summed E-state index contributed by atoms with van der Waals surface area (Å²) in [6.07, 6.45) is 4.38. The minimum absolute atomic E-state index is 0.0243. The number of hydrogen-bond acceptors (Lipinski definition) is 2. The van der Waals surface area contributed by atoms with E-state index in [0.29, 0.717) is 17.2 Å². The van der Waals surface area contributed by atoms with E-state index >= 15 is 0 Å². The van der Waals surface area contributed by atoms with Gasteiger partial charge in [0.1, 0.15) is 0 Å². The molecule has 1 aliphatic carbocycles. The minimum atomic E-state index is -3.35. The Labute approximate surface area is 145 Å². The smallest absolute Gasteiger partial charge is 0.181 e. The fraction of sp³-hybridized carbons (Fsp3) is 0.333. The van der Waals surface area contributed by atoms with Crippen LogP contribution in [0.15, 0.2) is 72.1 Å². The van der Waals surface area contributed by atoms with Crippen molar-refractivity contribution < 1.29 is 8.42 Å². The standard InChI is InChI=1S/C21H24O2S/c1-3-17-11-12-19(18-7-5-4-6-8-18)15-21(17)24(22,23)20-13-9-16(2)10-14-20/h3-10,13-14,17,19,21H,1,11-12,15H2,2H3/t17-,19+,21?/m1/s1. The van der Waals surface area contributed by atoms with Crippen LogP contribution in [0.3, 0.4) is 0 Å². The Morgan fingerprint density at radius 2 is 1.67 bits per heavy atom. The van der Waals surface area contributed by atoms with E-state index in [4.69, 9.17) is 0 Å². The van der Waals surface area contributed by atoms with Gasteiger partial charge in [-0.15, -0.1) is 6.58 Å². The van der Waals surface area contributed by atoms with Crippen molar-refractivity contribution in [2.75, 3.05) is 0 Å². The number of benzene rings is 2. The molecule has 0 saturated heterocycles. The maximum Gasteiger partial charge on any atom is 0.181 e. The summed E-state index contributed by atoms with van der Waals surface area (Å²) in [6.45, 7) is 5.86. The highest BCUT2D eigenvalue weighted by Gasteiger charge is 2.38. The molecule has 126 valence electrons. The van der Waals surface area contributed by atoms with Gasteiger partial charge in [0.2, 0.25) is 0 Å². The van der Waals surface area contributed by atoms with Crippen LogP contribution in [-0.4, -0.2) is 13.7 Å². The summed E-state index contributed by atoms with van der Waals surface area (Å²) in [6, 6.07) is 17.5. The van der Waals surface area contributed by atoms with Crippen LogP contribution in [0, 0.1) is 12.8 Å². The topological polar surface area (TPSA) is 34.1 Å². The second-order valence-corrected chi connectivity index (χ2v) is 8.88. The van der Waals surface area contributed by atoms with Gasteiger partial charge in [0.15, 0.2) is 9.84 Å². The third kappa shape index (κ3) is 3.32. The van der Waals surface area contributed by atoms with Gasteiger partial charge in [-0.05, 0) is 55.7 Å². The molecule has 2 aromatic carbocycles. The number of sulfone groups is 1. The molecule has 3 rings (SSSR count). The van der Waals surface area contributed by atoms with Crippen molar-refractivity contribution in [1.29, 1.82) is 0 Å². The Hall–Kier alpha value is -1.87. The zero-order chi connectivity index (χ0) is 17.2. The lowest BCUT2D eigenvalue weighted by Crippen LogP contribution is -2.34. The molecule has 1 aliphatic rings. The molecule has 0 spiro atoms. The van der Waals surface area contributed by atoms with E-state index in [1.54, 1.807) is 12.1 Å². The summed E-state index contributed by atoms with van der Waals surface area (Å²) in [7, 11) is -3.35. The second-order valence-electron chi connectivity index (χ2n) is 6.72. The number of allylic oxidation sites excluding steroid dienone is 1. The zero-order valence-electron chi connectivity index (χ0n) is 14.1. The quantitative estimate of drug-likeness (QED) is 0.741. The highest BCUT2D eigenvalue weighted by molar-refractivity contribution is 7.92. The Balaban J connectivity index is 1.93. The van der Waals surface area contributed by atoms with Crippen molar-refractivity contribution in [2.24, 2.45) is 5.92 Å². The van der Waals surface area contributed by atoms with E-state index in [2.05, 4.69) is 18.7 Å². The van der Waals surface area contributed by atoms with Crippen LogP contribution in [0.2, 0.25) is 0 Å². The summed E-state index contributed by atoms with van der Waals surface area (Å²) in [5.74, 6) is 0.323. The largest absolute Gasteiger partial charge is 0.223 e. The third-order valence-corrected chi connectivity index (χ3v) is 7.43. The lowest BCUT2D eigenvalue weighted by Gasteiger charge is -2.34. The van der Waals surface area contributed by atoms with Crippen molar-refractivity contribution in [1.82, 2.24) is 0 Å². The molecule has 1 saturated carbocycles. The molecule has 3 heteroatoms. The third-order valence-electron chi connectivity index (χ3n) is 5.16. The highest BCUT2D eigenvalue weighted by atomic mass is 32.2. The number of hydrogen-bond donors (Lipinski definition) is 0. The van der Waals surface area contributed by atoms with E-state index in [1.807, 2.05) is 43.3 Å². The summed E-state index contributed by atoms with van der Waals surface area (Å²) in [5.41, 5.74) is 2.31. The lowest BCUT2D eigenvalue weighted by molar-refractivity contribution is 0.373. The molecule has 0 amide bonds. The van der Waals surface area contributed by atoms with Gasteiger partial charge in [0.25, 0.3) is 0 Å². The monoisotopic (exact) mass is 340 g/mol. The molecule has 1 unspecified atom stereocenters. The normalized spacial score (nSPS) is 24.5. The van der Waals surface area contributed by atoms with Gasteiger partial charge in [-0.2, -0.15) is 0 Å². The molecule has 0 aliphatic heterocycles. The Bertz CT molecular complexity index is 791. The van der Waals surface area contributed by atoms with Gasteiger partial charge in [-0.3, -0.25) is 0 Å². The molecule has 24 heavy (non-hydrogen) atoms. The van der Waals surface area contributed by atoms with Crippen LogP contribution >= 0.6 is 0 Å². The van der Waals surface area contributed by atoms with Crippen LogP contribution < -0.4 is 0 Å². The van der Waals surface area contributed by atoms with Crippen LogP contribution in [0.4, 0.5) is 0 Å². The Morgan fingerprint density at radius 3 is 2.29 bits per heavy atom. The second kappa shape index (κ2) is 6.94. The van der Waals surface area contributed by atoms with Crippen molar-refractivity contribution >= 4 is 9.84 Å². The van der Waals surface area contributed by atoms with E-state index in [-0.39, 0.29) is 5.92 Å². The van der Waals surface area contributed by atoms with Crippen LogP contribution in [0.1, 0.15) is 36.3 Å². The lowest BCUT2D eigenvalue weighted by atomic mass is 9.78. The first-order valence-corrected chi connectivity index (χ1v) is 10.0. The van der Waals surface area contributed by atoms with Gasteiger partial charge in [-0.25, -0.2) is 8.42 Å². The first kappa shape index (κ1) is 17.0. The number of rotatable bonds is 4. The minimum Gasteiger partial charge on any atom is -0.223 e. The van der Waals surface area contributed by atoms with Crippen molar-refractivity contribution in [3.63, 3.8) is 0 Å². The van der Waals surface area contributed by atoms with Crippen molar-refractivity contribution in [2.45, 2.75) is 42.2 Å². The number of aryl methyl sites for hydroxylation is 1. The summed E-state index contributed by atoms with van der Waals surface area (Å²) in [5, 5.41) is -0.392. The van der Waals surface area contributed by atoms with Gasteiger partial charge in [-0.1, -0.05) is 54.1 Å². The molecule has 0 aromatic heterocycles. The Morgan fingerprint density at radius 1 is 1.00 bits per heavy atom. The highest BCUT2D eigenvalue weighted by Crippen LogP contribution is 2.41. The predicted molar refractivity (Wildman–Crippen MR) is 98.9 cm³/mol. The predicted octanol–water partition coefficient (Wildman–Crippen LogP) is 4.91. The zero-order valence-corrected chi connectivity index (χ0v) is 14.9. The SMILES string of the molecule is C=C[C@@H]1CC[C@H](c2ccccc2)CC1S(=O)(=O)c1ccc(C)cc1. The van der Waals surface area contributed by atoms with E-state index in [9.17, 15) is 8.42 Å². The molecule has 3 atom stereocenters. The van der Waals surface area contributed by atoms with Gasteiger partial charge in [0, 0.05) is 0 Å². The maximum absolute atomic E-state index is 13.2. The van der Waals surface area contributed by atoms with Crippen molar-refractivity contribution in [3.05, 3.63) is 78.4 Å². The van der Waals surface area contributed by atoms with Crippen molar-refractivity contribution in [3.8, 4) is 0 Å². The summed E-state index contributed by atoms with van der Waals surface area (Å²) < 4.78 is 26.4. The molecule has 2 nitrogen and oxygen atoms in total. The molecule has 2 aromatic rings. The fourth-order valence-corrected chi connectivity index (χ4v) is 5.77. The van der Waals surface area contributed by atoms with Gasteiger partial charge < -0.3 is 0 Å². The summed E-state index contributed by atoms with van der Waals surface area (Å²) >= 11 is 0. The van der Waals surface area contributed by atoms with E-state index in [1.165, 1.54) is 5.56 Å². The molecule has 0 radical (unpaired) electrons. The van der Waals surface area contributed by atoms with E-state index < -0.39 is 15.1 Å². The van der Waals surface area contributed by atoms with Gasteiger partial charge in [0.05, 0.1) is 10.1 Å². The molecular weight excluding hydrogens is 316 g/mol. The first-order valence-electron chi connectivity index (χ1n) is 8.50. The average Bonchev–Trinajstić information content (AvgIpc) is 2.62. The summed E-state index contributed by atoms with van der Waals surface area (Å²) in [4.78, 5) is 0.429. The average molecular weight is 340 g/mol. The molecule has 0 N–H and O–H groups in total.